The average molecular weight is 194 g/mol. The van der Waals surface area contributed by atoms with E-state index in [9.17, 15) is 4.79 Å². The predicted octanol–water partition coefficient (Wildman–Crippen LogP) is 1.34. The summed E-state index contributed by atoms with van der Waals surface area (Å²) in [5.41, 5.74) is 0. The molecule has 0 saturated carbocycles. The van der Waals surface area contributed by atoms with E-state index in [2.05, 4.69) is 10.3 Å². The molecule has 0 radical (unpaired) electrons. The third-order valence-electron chi connectivity index (χ3n) is 2.56. The summed E-state index contributed by atoms with van der Waals surface area (Å²) in [6.45, 7) is 3.50. The number of nitrogens with zero attached hydrogens (tertiary/aromatic N) is 1. The first-order chi connectivity index (χ1) is 6.77. The van der Waals surface area contributed by atoms with Gasteiger partial charge in [0.1, 0.15) is 0 Å². The molecular weight excluding hydrogens is 180 g/mol. The normalized spacial score (nSPS) is 18.4. The molecule has 2 heterocycles. The lowest BCUT2D eigenvalue weighted by Gasteiger charge is -2.19. The molecule has 0 aliphatic carbocycles. The standard InChI is InChI=1S/C10H14N2O2/c1-7(13)9-6-12-10(14-9)8-2-4-11-5-3-8/h6,8,11H,2-5H2,1H3. The minimum atomic E-state index is -0.0577. The number of hydrogen-bond acceptors (Lipinski definition) is 4. The van der Waals surface area contributed by atoms with E-state index in [1.165, 1.54) is 13.1 Å². The second-order valence-electron chi connectivity index (χ2n) is 3.64. The van der Waals surface area contributed by atoms with Crippen molar-refractivity contribution in [3.8, 4) is 0 Å². The highest BCUT2D eigenvalue weighted by atomic mass is 16.4. The van der Waals surface area contributed by atoms with Crippen molar-refractivity contribution in [2.75, 3.05) is 13.1 Å². The highest BCUT2D eigenvalue weighted by Crippen LogP contribution is 2.24. The van der Waals surface area contributed by atoms with Crippen LogP contribution in [-0.2, 0) is 0 Å². The predicted molar refractivity (Wildman–Crippen MR) is 51.4 cm³/mol. The molecule has 14 heavy (non-hydrogen) atoms. The lowest BCUT2D eigenvalue weighted by molar-refractivity contribution is 0.0984. The summed E-state index contributed by atoms with van der Waals surface area (Å²) in [5, 5.41) is 3.28. The second-order valence-corrected chi connectivity index (χ2v) is 3.64. The summed E-state index contributed by atoms with van der Waals surface area (Å²) in [7, 11) is 0. The topological polar surface area (TPSA) is 55.1 Å². The van der Waals surface area contributed by atoms with Crippen LogP contribution in [0.15, 0.2) is 10.6 Å². The van der Waals surface area contributed by atoms with Crippen LogP contribution < -0.4 is 5.32 Å². The third kappa shape index (κ3) is 1.85. The van der Waals surface area contributed by atoms with Crippen LogP contribution in [0.3, 0.4) is 0 Å². The fraction of sp³-hybridized carbons (Fsp3) is 0.600. The van der Waals surface area contributed by atoms with Gasteiger partial charge in [-0.15, -0.1) is 0 Å². The molecular formula is C10H14N2O2. The van der Waals surface area contributed by atoms with Crippen molar-refractivity contribution in [2.24, 2.45) is 0 Å². The molecule has 1 aromatic rings. The zero-order valence-corrected chi connectivity index (χ0v) is 8.25. The van der Waals surface area contributed by atoms with Gasteiger partial charge < -0.3 is 9.73 Å². The van der Waals surface area contributed by atoms with Crippen LogP contribution in [0.4, 0.5) is 0 Å². The molecule has 1 fully saturated rings. The van der Waals surface area contributed by atoms with E-state index < -0.39 is 0 Å². The Morgan fingerprint density at radius 3 is 2.86 bits per heavy atom. The lowest BCUT2D eigenvalue weighted by atomic mass is 9.98. The van der Waals surface area contributed by atoms with Crippen LogP contribution >= 0.6 is 0 Å². The Bertz CT molecular complexity index is 327. The van der Waals surface area contributed by atoms with Crippen LogP contribution in [-0.4, -0.2) is 23.9 Å². The van der Waals surface area contributed by atoms with Gasteiger partial charge in [-0.25, -0.2) is 4.98 Å². The van der Waals surface area contributed by atoms with E-state index in [1.807, 2.05) is 0 Å². The SMILES string of the molecule is CC(=O)c1cnc(C2CCNCC2)o1. The van der Waals surface area contributed by atoms with Gasteiger partial charge in [-0.1, -0.05) is 0 Å². The largest absolute Gasteiger partial charge is 0.437 e. The van der Waals surface area contributed by atoms with Crippen LogP contribution in [0, 0.1) is 0 Å². The summed E-state index contributed by atoms with van der Waals surface area (Å²) in [5.74, 6) is 1.41. The van der Waals surface area contributed by atoms with E-state index in [4.69, 9.17) is 4.42 Å². The highest BCUT2D eigenvalue weighted by molar-refractivity contribution is 5.90. The number of oxazole rings is 1. The number of rotatable bonds is 2. The number of aromatic nitrogens is 1. The van der Waals surface area contributed by atoms with Crippen LogP contribution in [0.2, 0.25) is 0 Å². The Morgan fingerprint density at radius 2 is 2.29 bits per heavy atom. The minimum absolute atomic E-state index is 0.0577. The van der Waals surface area contributed by atoms with Gasteiger partial charge in [0, 0.05) is 12.8 Å². The van der Waals surface area contributed by atoms with Gasteiger partial charge in [0.2, 0.25) is 0 Å². The fourth-order valence-corrected chi connectivity index (χ4v) is 1.71. The van der Waals surface area contributed by atoms with Gasteiger partial charge in [-0.3, -0.25) is 4.79 Å². The smallest absolute Gasteiger partial charge is 0.198 e. The van der Waals surface area contributed by atoms with Gasteiger partial charge in [-0.2, -0.15) is 0 Å². The number of carbonyl (C=O) groups excluding carboxylic acids is 1. The maximum absolute atomic E-state index is 11.0. The highest BCUT2D eigenvalue weighted by Gasteiger charge is 2.20. The Balaban J connectivity index is 2.11. The molecule has 0 amide bonds. The van der Waals surface area contributed by atoms with Crippen LogP contribution in [0.5, 0.6) is 0 Å². The Labute approximate surface area is 82.7 Å². The third-order valence-corrected chi connectivity index (χ3v) is 2.56. The molecule has 76 valence electrons. The molecule has 0 unspecified atom stereocenters. The maximum Gasteiger partial charge on any atom is 0.198 e. The fourth-order valence-electron chi connectivity index (χ4n) is 1.71. The van der Waals surface area contributed by atoms with Crippen molar-refractivity contribution < 1.29 is 9.21 Å². The van der Waals surface area contributed by atoms with Gasteiger partial charge in [0.05, 0.1) is 6.20 Å². The number of nitrogens with one attached hydrogen (secondary N) is 1. The second kappa shape index (κ2) is 3.92. The molecule has 1 N–H and O–H groups in total. The van der Waals surface area contributed by atoms with Crippen molar-refractivity contribution >= 4 is 5.78 Å². The molecule has 4 heteroatoms. The van der Waals surface area contributed by atoms with E-state index in [-0.39, 0.29) is 5.78 Å². The van der Waals surface area contributed by atoms with E-state index in [0.29, 0.717) is 11.7 Å². The Morgan fingerprint density at radius 1 is 1.57 bits per heavy atom. The number of Topliss-reactive ketones (excluding diaryl/α,β-unsaturated/α-hetero) is 1. The first-order valence-corrected chi connectivity index (χ1v) is 4.95. The van der Waals surface area contributed by atoms with Gasteiger partial charge in [0.25, 0.3) is 0 Å². The van der Waals surface area contributed by atoms with Crippen molar-refractivity contribution in [1.29, 1.82) is 0 Å². The molecule has 0 bridgehead atoms. The number of carbonyl (C=O) groups is 1. The van der Waals surface area contributed by atoms with E-state index in [0.717, 1.165) is 31.8 Å². The van der Waals surface area contributed by atoms with Gasteiger partial charge in [-0.05, 0) is 25.9 Å². The Kier molecular flexibility index (Phi) is 2.63. The van der Waals surface area contributed by atoms with E-state index in [1.54, 1.807) is 0 Å². The van der Waals surface area contributed by atoms with Gasteiger partial charge in [0.15, 0.2) is 17.4 Å². The average Bonchev–Trinajstić information content (AvgIpc) is 2.68. The van der Waals surface area contributed by atoms with Gasteiger partial charge >= 0.3 is 0 Å². The summed E-state index contributed by atoms with van der Waals surface area (Å²) >= 11 is 0. The summed E-state index contributed by atoms with van der Waals surface area (Å²) in [6, 6.07) is 0. The summed E-state index contributed by atoms with van der Waals surface area (Å²) in [4.78, 5) is 15.1. The summed E-state index contributed by atoms with van der Waals surface area (Å²) < 4.78 is 5.40. The monoisotopic (exact) mass is 194 g/mol. The number of hydrogen-bond donors (Lipinski definition) is 1. The van der Waals surface area contributed by atoms with Crippen LogP contribution in [0.25, 0.3) is 0 Å². The van der Waals surface area contributed by atoms with Crippen molar-refractivity contribution in [3.63, 3.8) is 0 Å². The quantitative estimate of drug-likeness (QED) is 0.722. The zero-order valence-electron chi connectivity index (χ0n) is 8.25. The zero-order chi connectivity index (χ0) is 9.97. The van der Waals surface area contributed by atoms with E-state index >= 15 is 0 Å². The maximum atomic E-state index is 11.0. The lowest BCUT2D eigenvalue weighted by Crippen LogP contribution is -2.26. The van der Waals surface area contributed by atoms with Crippen LogP contribution in [0.1, 0.15) is 42.1 Å². The summed E-state index contributed by atoms with van der Waals surface area (Å²) in [6.07, 6.45) is 3.61. The molecule has 4 nitrogen and oxygen atoms in total. The molecule has 0 spiro atoms. The number of ketones is 1. The Hall–Kier alpha value is -1.16. The van der Waals surface area contributed by atoms with Crippen molar-refractivity contribution in [3.05, 3.63) is 17.8 Å². The molecule has 2 rings (SSSR count). The van der Waals surface area contributed by atoms with Crippen molar-refractivity contribution in [2.45, 2.75) is 25.7 Å². The first kappa shape index (κ1) is 9.40. The molecule has 1 saturated heterocycles. The molecule has 0 aromatic carbocycles. The van der Waals surface area contributed by atoms with Crippen molar-refractivity contribution in [1.82, 2.24) is 10.3 Å². The minimum Gasteiger partial charge on any atom is -0.437 e. The molecule has 1 aromatic heterocycles. The first-order valence-electron chi connectivity index (χ1n) is 4.95. The number of piperidine rings is 1. The molecule has 1 aliphatic rings. The molecule has 0 atom stereocenters. The molecule has 1 aliphatic heterocycles.